The highest BCUT2D eigenvalue weighted by molar-refractivity contribution is 6.15. The van der Waals surface area contributed by atoms with Gasteiger partial charge >= 0.3 is 0 Å². The molecule has 0 amide bonds. The molecule has 0 atom stereocenters. The summed E-state index contributed by atoms with van der Waals surface area (Å²) in [6.07, 6.45) is 0. The number of benzene rings is 9. The van der Waals surface area contributed by atoms with Gasteiger partial charge in [-0.15, -0.1) is 0 Å². The normalized spacial score (nSPS) is 13.1. The average molecular weight is 848 g/mol. The number of aromatic nitrogens is 3. The Hall–Kier alpha value is -8.61. The van der Waals surface area contributed by atoms with Crippen LogP contribution in [0.5, 0.6) is 0 Å². The minimum atomic E-state index is -0.0211. The Labute approximate surface area is 378 Å². The first-order valence-corrected chi connectivity index (χ1v) is 22.3. The molecule has 0 bridgehead atoms. The van der Waals surface area contributed by atoms with Crippen LogP contribution in [0.3, 0.4) is 0 Å². The molecule has 0 N–H and O–H groups in total. The molecule has 9 aromatic carbocycles. The van der Waals surface area contributed by atoms with Crippen LogP contribution in [0.15, 0.2) is 201 Å². The molecule has 0 spiro atoms. The first-order valence-electron chi connectivity index (χ1n) is 22.3. The minimum absolute atomic E-state index is 0.0211. The van der Waals surface area contributed by atoms with E-state index in [1.807, 2.05) is 72.8 Å². The van der Waals surface area contributed by atoms with Crippen molar-refractivity contribution < 1.29 is 13.3 Å². The third-order valence-corrected chi connectivity index (χ3v) is 13.8. The largest absolute Gasteiger partial charge is 0.456 e. The van der Waals surface area contributed by atoms with Crippen molar-refractivity contribution in [1.82, 2.24) is 15.0 Å². The number of hydrogen-bond acceptors (Lipinski definition) is 6. The van der Waals surface area contributed by atoms with E-state index in [1.54, 1.807) is 0 Å². The smallest absolute Gasteiger partial charge is 0.164 e. The van der Waals surface area contributed by atoms with E-state index in [4.69, 9.17) is 28.2 Å². The molecule has 0 aliphatic heterocycles. The lowest BCUT2D eigenvalue weighted by Gasteiger charge is -2.21. The quantitative estimate of drug-likeness (QED) is 0.172. The maximum atomic E-state index is 6.58. The summed E-state index contributed by atoms with van der Waals surface area (Å²) in [5.74, 6) is 1.62. The van der Waals surface area contributed by atoms with Crippen LogP contribution in [0.4, 0.5) is 0 Å². The molecular weight excluding hydrogens is 811 g/mol. The second-order valence-corrected chi connectivity index (χ2v) is 17.9. The number of para-hydroxylation sites is 2. The van der Waals surface area contributed by atoms with Crippen LogP contribution in [0, 0.1) is 0 Å². The van der Waals surface area contributed by atoms with Gasteiger partial charge in [0.2, 0.25) is 0 Å². The number of hydrogen-bond donors (Lipinski definition) is 0. The predicted octanol–water partition coefficient (Wildman–Crippen LogP) is 16.2. The van der Waals surface area contributed by atoms with E-state index in [0.29, 0.717) is 17.5 Å². The van der Waals surface area contributed by atoms with E-state index in [0.717, 1.165) is 93.6 Å². The van der Waals surface area contributed by atoms with Gasteiger partial charge in [0, 0.05) is 54.4 Å². The molecule has 66 heavy (non-hydrogen) atoms. The molecule has 0 fully saturated rings. The Bertz CT molecular complexity index is 4020. The van der Waals surface area contributed by atoms with E-state index in [1.165, 1.54) is 33.4 Å². The second-order valence-electron chi connectivity index (χ2n) is 17.9. The minimum Gasteiger partial charge on any atom is -0.456 e. The zero-order valence-electron chi connectivity index (χ0n) is 36.0. The second kappa shape index (κ2) is 13.7. The van der Waals surface area contributed by atoms with Gasteiger partial charge in [0.1, 0.15) is 33.5 Å². The van der Waals surface area contributed by atoms with Crippen LogP contribution in [0.2, 0.25) is 0 Å². The van der Waals surface area contributed by atoms with E-state index < -0.39 is 0 Å². The van der Waals surface area contributed by atoms with Gasteiger partial charge in [-0.3, -0.25) is 0 Å². The summed E-state index contributed by atoms with van der Waals surface area (Å²) in [7, 11) is 0. The third-order valence-electron chi connectivity index (χ3n) is 13.8. The molecule has 4 heterocycles. The summed E-state index contributed by atoms with van der Waals surface area (Å²) >= 11 is 0. The van der Waals surface area contributed by atoms with Crippen molar-refractivity contribution in [2.75, 3.05) is 0 Å². The predicted molar refractivity (Wildman–Crippen MR) is 266 cm³/mol. The Morgan fingerprint density at radius 3 is 1.26 bits per heavy atom. The van der Waals surface area contributed by atoms with Crippen LogP contribution in [-0.2, 0) is 5.41 Å². The number of fused-ring (bicyclic) bond motifs is 12. The van der Waals surface area contributed by atoms with Gasteiger partial charge in [-0.1, -0.05) is 153 Å². The number of nitrogens with zero attached hydrogens (tertiary/aromatic N) is 3. The van der Waals surface area contributed by atoms with Gasteiger partial charge in [0.25, 0.3) is 0 Å². The topological polar surface area (TPSA) is 78.1 Å². The molecule has 4 aromatic heterocycles. The number of furan rings is 3. The van der Waals surface area contributed by atoms with E-state index in [2.05, 4.69) is 129 Å². The van der Waals surface area contributed by atoms with Gasteiger partial charge in [0.15, 0.2) is 17.5 Å². The fourth-order valence-electron chi connectivity index (χ4n) is 10.6. The van der Waals surface area contributed by atoms with Gasteiger partial charge in [-0.25, -0.2) is 15.0 Å². The first-order chi connectivity index (χ1) is 32.4. The zero-order valence-corrected chi connectivity index (χ0v) is 36.0. The summed E-state index contributed by atoms with van der Waals surface area (Å²) in [5, 5.41) is 5.83. The Morgan fingerprint density at radius 2 is 0.697 bits per heavy atom. The number of rotatable bonds is 5. The van der Waals surface area contributed by atoms with Crippen molar-refractivity contribution in [1.29, 1.82) is 0 Å². The van der Waals surface area contributed by atoms with Crippen LogP contribution >= 0.6 is 0 Å². The molecule has 0 saturated carbocycles. The van der Waals surface area contributed by atoms with Gasteiger partial charge in [-0.05, 0) is 93.0 Å². The highest BCUT2D eigenvalue weighted by Gasteiger charge is 2.35. The molecule has 0 radical (unpaired) electrons. The average Bonchev–Trinajstić information content (AvgIpc) is 4.11. The van der Waals surface area contributed by atoms with E-state index >= 15 is 0 Å². The van der Waals surface area contributed by atoms with Gasteiger partial charge < -0.3 is 13.3 Å². The molecule has 13 aromatic rings. The van der Waals surface area contributed by atoms with Gasteiger partial charge in [0.05, 0.1) is 0 Å². The molecule has 0 unspecified atom stereocenters. The highest BCUT2D eigenvalue weighted by atomic mass is 16.3. The molecule has 6 nitrogen and oxygen atoms in total. The molecule has 1 aliphatic rings. The standard InChI is InChI=1S/C60H37N3O3/c1-60(2)46-18-6-3-12-38(46)44-32-36(28-30-47(44)60)34-24-26-35(27-25-34)37-29-31-50-45(33-37)56-43(17-11-23-53(56)66-50)59-62-57(41-15-9-21-51-54(41)39-13-4-7-19-48(39)64-51)61-58(63-59)42-16-10-22-52-55(42)40-14-5-8-20-49(40)65-52/h3-33H,1-2H3. The maximum absolute atomic E-state index is 6.58. The zero-order chi connectivity index (χ0) is 43.7. The van der Waals surface area contributed by atoms with Crippen LogP contribution in [0.25, 0.3) is 133 Å². The third kappa shape index (κ3) is 5.39. The lowest BCUT2D eigenvalue weighted by atomic mass is 9.82. The van der Waals surface area contributed by atoms with Crippen molar-refractivity contribution in [2.45, 2.75) is 19.3 Å². The summed E-state index contributed by atoms with van der Waals surface area (Å²) in [5.41, 5.74) is 17.2. The van der Waals surface area contributed by atoms with E-state index in [-0.39, 0.29) is 5.41 Å². The lowest BCUT2D eigenvalue weighted by Crippen LogP contribution is -2.14. The van der Waals surface area contributed by atoms with Crippen molar-refractivity contribution in [3.8, 4) is 67.5 Å². The first kappa shape index (κ1) is 36.8. The van der Waals surface area contributed by atoms with Crippen molar-refractivity contribution in [3.63, 3.8) is 0 Å². The molecule has 14 rings (SSSR count). The molecular formula is C60H37N3O3. The molecule has 310 valence electrons. The van der Waals surface area contributed by atoms with E-state index in [9.17, 15) is 0 Å². The molecule has 0 saturated heterocycles. The van der Waals surface area contributed by atoms with Crippen LogP contribution < -0.4 is 0 Å². The fourth-order valence-corrected chi connectivity index (χ4v) is 10.6. The maximum Gasteiger partial charge on any atom is 0.164 e. The fraction of sp³-hybridized carbons (Fsp3) is 0.0500. The summed E-state index contributed by atoms with van der Waals surface area (Å²) in [6.45, 7) is 4.64. The Kier molecular flexibility index (Phi) is 7.64. The summed E-state index contributed by atoms with van der Waals surface area (Å²) < 4.78 is 19.3. The van der Waals surface area contributed by atoms with Crippen molar-refractivity contribution >= 4 is 65.8 Å². The monoisotopic (exact) mass is 847 g/mol. The SMILES string of the molecule is CC1(C)c2ccccc2-c2cc(-c3ccc(-c4ccc5oc6cccc(-c7nc(-c8cccc9oc%10ccccc%10c89)nc(-c8cccc9oc%10ccccc%10c89)n7)c6c5c4)cc3)ccc21. The highest BCUT2D eigenvalue weighted by Crippen LogP contribution is 2.50. The summed E-state index contributed by atoms with van der Waals surface area (Å²) in [6, 6.07) is 65.5. The summed E-state index contributed by atoms with van der Waals surface area (Å²) in [4.78, 5) is 16.0. The van der Waals surface area contributed by atoms with Crippen molar-refractivity contribution in [2.24, 2.45) is 0 Å². The Morgan fingerprint density at radius 1 is 0.303 bits per heavy atom. The lowest BCUT2D eigenvalue weighted by molar-refractivity contribution is 0.660. The van der Waals surface area contributed by atoms with Crippen LogP contribution in [-0.4, -0.2) is 15.0 Å². The Balaban J connectivity index is 0.927. The molecule has 1 aliphatic carbocycles. The van der Waals surface area contributed by atoms with Gasteiger partial charge in [-0.2, -0.15) is 0 Å². The molecule has 6 heteroatoms. The van der Waals surface area contributed by atoms with Crippen LogP contribution in [0.1, 0.15) is 25.0 Å². The van der Waals surface area contributed by atoms with Crippen molar-refractivity contribution in [3.05, 3.63) is 199 Å².